The lowest BCUT2D eigenvalue weighted by molar-refractivity contribution is -0.137. The molecule has 2 aliphatic rings. The number of aliphatic carboxylic acids is 1. The fourth-order valence-corrected chi connectivity index (χ4v) is 6.90. The number of fused-ring (bicyclic) bond motifs is 2. The molecule has 0 spiro atoms. The van der Waals surface area contributed by atoms with Crippen LogP contribution in [-0.2, 0) is 20.7 Å². The Balaban J connectivity index is 1.51. The summed E-state index contributed by atoms with van der Waals surface area (Å²) in [6.07, 6.45) is 21.7. The Morgan fingerprint density at radius 3 is 1.90 bits per heavy atom. The average molecular weight is 457 g/mol. The zero-order valence-corrected chi connectivity index (χ0v) is 20.8. The molecule has 2 fully saturated rings. The first-order valence-electron chi connectivity index (χ1n) is 13.3. The van der Waals surface area contributed by atoms with E-state index >= 15 is 0 Å². The van der Waals surface area contributed by atoms with E-state index in [0.717, 1.165) is 43.6 Å². The minimum absolute atomic E-state index is 0.306. The molecule has 5 heteroatoms. The van der Waals surface area contributed by atoms with Crippen LogP contribution < -0.4 is 0 Å². The lowest BCUT2D eigenvalue weighted by Gasteiger charge is -2.28. The van der Waals surface area contributed by atoms with Crippen LogP contribution >= 0.6 is 0 Å². The molecule has 2 heterocycles. The molecular weight excluding hydrogens is 408 g/mol. The highest BCUT2D eigenvalue weighted by molar-refractivity contribution is 7.91. The first-order valence-corrected chi connectivity index (χ1v) is 14.8. The molecule has 0 radical (unpaired) electrons. The molecule has 0 amide bonds. The molecule has 2 saturated heterocycles. The molecule has 2 aliphatic heterocycles. The maximum Gasteiger partial charge on any atom is 0.303 e. The second-order valence-corrected chi connectivity index (χ2v) is 11.6. The van der Waals surface area contributed by atoms with Crippen molar-refractivity contribution in [3.8, 4) is 0 Å². The molecule has 2 rings (SSSR count). The third kappa shape index (κ3) is 10.9. The van der Waals surface area contributed by atoms with Gasteiger partial charge in [0.2, 0.25) is 0 Å². The normalized spacial score (nSPS) is 25.9. The van der Waals surface area contributed by atoms with Gasteiger partial charge < -0.3 is 14.4 Å². The number of rotatable bonds is 20. The molecule has 4 nitrogen and oxygen atoms in total. The molecule has 5 unspecified atom stereocenters. The van der Waals surface area contributed by atoms with Gasteiger partial charge in [0.25, 0.3) is 0 Å². The van der Waals surface area contributed by atoms with E-state index in [-0.39, 0.29) is 0 Å². The van der Waals surface area contributed by atoms with Gasteiger partial charge in [-0.3, -0.25) is 4.79 Å². The van der Waals surface area contributed by atoms with Crippen LogP contribution in [0.2, 0.25) is 0 Å². The van der Waals surface area contributed by atoms with Gasteiger partial charge in [-0.05, 0) is 69.6 Å². The molecule has 5 atom stereocenters. The maximum atomic E-state index is 12.3. The fraction of sp³-hybridized carbons (Fsp3) is 0.962. The monoisotopic (exact) mass is 456 g/mol. The summed E-state index contributed by atoms with van der Waals surface area (Å²) in [5.41, 5.74) is 0. The Labute approximate surface area is 194 Å². The topological polar surface area (TPSA) is 69.6 Å². The van der Waals surface area contributed by atoms with Crippen LogP contribution in [0.1, 0.15) is 122 Å². The van der Waals surface area contributed by atoms with Crippen molar-refractivity contribution in [2.24, 2.45) is 11.8 Å². The highest BCUT2D eigenvalue weighted by Crippen LogP contribution is 2.47. The van der Waals surface area contributed by atoms with E-state index in [1.807, 2.05) is 0 Å². The van der Waals surface area contributed by atoms with Crippen LogP contribution in [0.5, 0.6) is 0 Å². The Morgan fingerprint density at radius 1 is 0.806 bits per heavy atom. The SMILES string of the molecule is CCCCCCCCC[S+]([O-])CCCCC1C2CCC(O2)C1CCCCCCC(=O)O. The Morgan fingerprint density at radius 2 is 1.29 bits per heavy atom. The van der Waals surface area contributed by atoms with E-state index < -0.39 is 17.1 Å². The summed E-state index contributed by atoms with van der Waals surface area (Å²) in [5.74, 6) is 2.51. The van der Waals surface area contributed by atoms with Crippen molar-refractivity contribution in [1.82, 2.24) is 0 Å². The smallest absolute Gasteiger partial charge is 0.303 e. The lowest BCUT2D eigenvalue weighted by atomic mass is 9.74. The number of hydrogen-bond donors (Lipinski definition) is 1. The van der Waals surface area contributed by atoms with E-state index in [1.54, 1.807) is 0 Å². The van der Waals surface area contributed by atoms with Crippen LogP contribution in [0, 0.1) is 11.8 Å². The number of carboxylic acids is 1. The maximum absolute atomic E-state index is 12.3. The van der Waals surface area contributed by atoms with Gasteiger partial charge in [0.05, 0.1) is 12.2 Å². The first kappa shape index (κ1) is 27.0. The Hall–Kier alpha value is -0.260. The molecule has 1 N–H and O–H groups in total. The minimum Gasteiger partial charge on any atom is -0.616 e. The Bertz CT molecular complexity index is 472. The van der Waals surface area contributed by atoms with E-state index in [1.165, 1.54) is 77.0 Å². The zero-order valence-electron chi connectivity index (χ0n) is 20.0. The molecule has 2 bridgehead atoms. The summed E-state index contributed by atoms with van der Waals surface area (Å²) in [4.78, 5) is 10.6. The molecule has 0 aromatic carbocycles. The summed E-state index contributed by atoms with van der Waals surface area (Å²) < 4.78 is 18.5. The summed E-state index contributed by atoms with van der Waals surface area (Å²) in [5, 5.41) is 8.74. The molecule has 182 valence electrons. The predicted molar refractivity (Wildman–Crippen MR) is 130 cm³/mol. The molecular formula is C26H48O4S. The lowest BCUT2D eigenvalue weighted by Crippen LogP contribution is -2.27. The largest absolute Gasteiger partial charge is 0.616 e. The second kappa shape index (κ2) is 16.4. The van der Waals surface area contributed by atoms with Crippen molar-refractivity contribution in [2.45, 2.75) is 135 Å². The summed E-state index contributed by atoms with van der Waals surface area (Å²) >= 11 is -0.627. The van der Waals surface area contributed by atoms with Gasteiger partial charge in [0, 0.05) is 6.42 Å². The van der Waals surface area contributed by atoms with E-state index in [9.17, 15) is 9.35 Å². The standard InChI is InChI=1S/C26H48O4S/c1-2-3-4-5-6-9-13-20-31(29)21-14-12-16-23-22(24-18-19-25(23)30-24)15-10-7-8-11-17-26(27)28/h22-25H,2-21H2,1H3,(H,27,28). The molecule has 31 heavy (non-hydrogen) atoms. The van der Waals surface area contributed by atoms with Crippen molar-refractivity contribution in [1.29, 1.82) is 0 Å². The third-order valence-electron chi connectivity index (χ3n) is 7.40. The van der Waals surface area contributed by atoms with Crippen molar-refractivity contribution < 1.29 is 19.2 Å². The van der Waals surface area contributed by atoms with Crippen molar-refractivity contribution in [3.05, 3.63) is 0 Å². The zero-order chi connectivity index (χ0) is 22.3. The van der Waals surface area contributed by atoms with Crippen molar-refractivity contribution in [2.75, 3.05) is 11.5 Å². The van der Waals surface area contributed by atoms with E-state index in [0.29, 0.717) is 30.5 Å². The van der Waals surface area contributed by atoms with Gasteiger partial charge in [-0.2, -0.15) is 0 Å². The Kier molecular flexibility index (Phi) is 14.2. The van der Waals surface area contributed by atoms with Gasteiger partial charge in [-0.1, -0.05) is 69.5 Å². The number of unbranched alkanes of at least 4 members (excludes halogenated alkanes) is 10. The highest BCUT2D eigenvalue weighted by atomic mass is 32.2. The van der Waals surface area contributed by atoms with Crippen LogP contribution in [-0.4, -0.2) is 39.3 Å². The summed E-state index contributed by atoms with van der Waals surface area (Å²) in [6, 6.07) is 0. The van der Waals surface area contributed by atoms with Crippen LogP contribution in [0.4, 0.5) is 0 Å². The quantitative estimate of drug-likeness (QED) is 0.160. The van der Waals surface area contributed by atoms with Gasteiger partial charge in [0.1, 0.15) is 11.5 Å². The molecule has 0 aromatic heterocycles. The van der Waals surface area contributed by atoms with Crippen molar-refractivity contribution >= 4 is 17.1 Å². The van der Waals surface area contributed by atoms with Crippen LogP contribution in [0.3, 0.4) is 0 Å². The summed E-state index contributed by atoms with van der Waals surface area (Å²) in [6.45, 7) is 2.25. The minimum atomic E-state index is -0.676. The summed E-state index contributed by atoms with van der Waals surface area (Å²) in [7, 11) is 0. The van der Waals surface area contributed by atoms with Gasteiger partial charge in [-0.15, -0.1) is 0 Å². The molecule has 0 aromatic rings. The average Bonchev–Trinajstić information content (AvgIpc) is 3.35. The van der Waals surface area contributed by atoms with E-state index in [4.69, 9.17) is 9.84 Å². The van der Waals surface area contributed by atoms with Crippen molar-refractivity contribution in [3.63, 3.8) is 0 Å². The number of carbonyl (C=O) groups is 1. The number of carboxylic acid groups (broad SMARTS) is 1. The van der Waals surface area contributed by atoms with Gasteiger partial charge in [0.15, 0.2) is 0 Å². The fourth-order valence-electron chi connectivity index (χ4n) is 5.65. The molecule has 0 aliphatic carbocycles. The van der Waals surface area contributed by atoms with Crippen LogP contribution in [0.25, 0.3) is 0 Å². The van der Waals surface area contributed by atoms with Crippen LogP contribution in [0.15, 0.2) is 0 Å². The number of ether oxygens (including phenoxy) is 1. The van der Waals surface area contributed by atoms with E-state index in [2.05, 4.69) is 6.92 Å². The predicted octanol–water partition coefficient (Wildman–Crippen LogP) is 6.87. The molecule has 0 saturated carbocycles. The van der Waals surface area contributed by atoms with Gasteiger partial charge in [-0.25, -0.2) is 0 Å². The second-order valence-electron chi connectivity index (χ2n) is 9.93. The third-order valence-corrected chi connectivity index (χ3v) is 8.89. The number of hydrogen-bond acceptors (Lipinski definition) is 3. The van der Waals surface area contributed by atoms with Gasteiger partial charge >= 0.3 is 5.97 Å². The first-order chi connectivity index (χ1) is 15.1. The highest BCUT2D eigenvalue weighted by Gasteiger charge is 2.47.